The SMILES string of the molecule is CC1(C)[C@@H]2OCCC[C@H]2[C@H]1OC(=O)CCn1ccc2ccccc21. The lowest BCUT2D eigenvalue weighted by Crippen LogP contribution is -2.65. The summed E-state index contributed by atoms with van der Waals surface area (Å²) in [5, 5.41) is 1.20. The van der Waals surface area contributed by atoms with Crippen LogP contribution >= 0.6 is 0 Å². The van der Waals surface area contributed by atoms with Gasteiger partial charge in [0.2, 0.25) is 0 Å². The maximum atomic E-state index is 12.4. The van der Waals surface area contributed by atoms with Gasteiger partial charge >= 0.3 is 5.97 Å². The number of aryl methyl sites for hydroxylation is 1. The summed E-state index contributed by atoms with van der Waals surface area (Å²) in [5.74, 6) is 0.278. The van der Waals surface area contributed by atoms with E-state index >= 15 is 0 Å². The number of para-hydroxylation sites is 1. The predicted molar refractivity (Wildman–Crippen MR) is 92.7 cm³/mol. The highest BCUT2D eigenvalue weighted by atomic mass is 16.6. The third-order valence-corrected chi connectivity index (χ3v) is 5.72. The van der Waals surface area contributed by atoms with Gasteiger partial charge in [-0.15, -0.1) is 0 Å². The zero-order chi connectivity index (χ0) is 16.7. The van der Waals surface area contributed by atoms with E-state index in [1.807, 2.05) is 18.3 Å². The van der Waals surface area contributed by atoms with Crippen LogP contribution in [-0.2, 0) is 20.8 Å². The molecule has 1 saturated carbocycles. The van der Waals surface area contributed by atoms with Crippen molar-refractivity contribution in [2.75, 3.05) is 6.61 Å². The zero-order valence-electron chi connectivity index (χ0n) is 14.4. The second-order valence-corrected chi connectivity index (χ2v) is 7.65. The van der Waals surface area contributed by atoms with Crippen molar-refractivity contribution in [2.45, 2.75) is 51.9 Å². The molecule has 2 aromatic rings. The van der Waals surface area contributed by atoms with Crippen molar-refractivity contribution >= 4 is 16.9 Å². The summed E-state index contributed by atoms with van der Waals surface area (Å²) >= 11 is 0. The molecule has 1 saturated heterocycles. The molecule has 0 N–H and O–H groups in total. The zero-order valence-corrected chi connectivity index (χ0v) is 14.4. The summed E-state index contributed by atoms with van der Waals surface area (Å²) in [4.78, 5) is 12.4. The number of hydrogen-bond acceptors (Lipinski definition) is 3. The van der Waals surface area contributed by atoms with Crippen LogP contribution in [0.2, 0.25) is 0 Å². The van der Waals surface area contributed by atoms with E-state index in [2.05, 4.69) is 36.6 Å². The molecular formula is C20H25NO3. The summed E-state index contributed by atoms with van der Waals surface area (Å²) in [6.07, 6.45) is 4.86. The van der Waals surface area contributed by atoms with Crippen molar-refractivity contribution < 1.29 is 14.3 Å². The molecule has 24 heavy (non-hydrogen) atoms. The fourth-order valence-electron chi connectivity index (χ4n) is 4.46. The van der Waals surface area contributed by atoms with E-state index in [0.717, 1.165) is 25.0 Å². The Bertz CT molecular complexity index is 748. The van der Waals surface area contributed by atoms with Crippen molar-refractivity contribution in [3.8, 4) is 0 Å². The Morgan fingerprint density at radius 1 is 1.33 bits per heavy atom. The average Bonchev–Trinajstić information content (AvgIpc) is 3.01. The standard InChI is InChI=1S/C20H25NO3/c1-20(2)18-15(7-5-13-23-18)19(20)24-17(22)10-12-21-11-9-14-6-3-4-8-16(14)21/h3-4,6,8-9,11,15,18-19H,5,7,10,12-13H2,1-2H3/t15-,18-,19-/m1/s1. The first-order chi connectivity index (χ1) is 11.6. The molecule has 0 bridgehead atoms. The molecule has 1 aromatic carbocycles. The quantitative estimate of drug-likeness (QED) is 0.803. The van der Waals surface area contributed by atoms with E-state index in [-0.39, 0.29) is 23.6 Å². The van der Waals surface area contributed by atoms with Crippen molar-refractivity contribution in [3.63, 3.8) is 0 Å². The molecule has 0 spiro atoms. The van der Waals surface area contributed by atoms with Crippen molar-refractivity contribution in [3.05, 3.63) is 36.5 Å². The van der Waals surface area contributed by atoms with E-state index in [1.165, 1.54) is 5.39 Å². The van der Waals surface area contributed by atoms with Gasteiger partial charge in [-0.3, -0.25) is 4.79 Å². The van der Waals surface area contributed by atoms with Crippen molar-refractivity contribution in [2.24, 2.45) is 11.3 Å². The Morgan fingerprint density at radius 3 is 3.04 bits per heavy atom. The first-order valence-electron chi connectivity index (χ1n) is 8.92. The largest absolute Gasteiger partial charge is 0.461 e. The molecular weight excluding hydrogens is 302 g/mol. The van der Waals surface area contributed by atoms with Gasteiger partial charge in [0.25, 0.3) is 0 Å². The van der Waals surface area contributed by atoms with Crippen LogP contribution in [0.1, 0.15) is 33.1 Å². The minimum atomic E-state index is -0.102. The molecule has 0 amide bonds. The molecule has 4 nitrogen and oxygen atoms in total. The van der Waals surface area contributed by atoms with Crippen LogP contribution < -0.4 is 0 Å². The second kappa shape index (κ2) is 5.92. The van der Waals surface area contributed by atoms with E-state index in [4.69, 9.17) is 9.47 Å². The van der Waals surface area contributed by atoms with Crippen LogP contribution in [-0.4, -0.2) is 29.4 Å². The fraction of sp³-hybridized carbons (Fsp3) is 0.550. The number of carbonyl (C=O) groups excluding carboxylic acids is 1. The first kappa shape index (κ1) is 15.7. The second-order valence-electron chi connectivity index (χ2n) is 7.65. The predicted octanol–water partition coefficient (Wildman–Crippen LogP) is 3.78. The number of aromatic nitrogens is 1. The number of rotatable bonds is 4. The molecule has 3 atom stereocenters. The maximum Gasteiger partial charge on any atom is 0.307 e. The summed E-state index contributed by atoms with van der Waals surface area (Å²) in [6.45, 7) is 5.80. The number of fused-ring (bicyclic) bond motifs is 2. The molecule has 0 unspecified atom stereocenters. The third-order valence-electron chi connectivity index (χ3n) is 5.72. The van der Waals surface area contributed by atoms with Gasteiger partial charge < -0.3 is 14.0 Å². The van der Waals surface area contributed by atoms with Gasteiger partial charge in [-0.2, -0.15) is 0 Å². The van der Waals surface area contributed by atoms with Gasteiger partial charge in [0.05, 0.1) is 12.5 Å². The molecule has 0 radical (unpaired) electrons. The van der Waals surface area contributed by atoms with E-state index in [1.54, 1.807) is 0 Å². The Balaban J connectivity index is 1.37. The van der Waals surface area contributed by atoms with E-state index < -0.39 is 0 Å². The Labute approximate surface area is 142 Å². The van der Waals surface area contributed by atoms with Gasteiger partial charge in [0.1, 0.15) is 6.10 Å². The van der Waals surface area contributed by atoms with Crippen LogP contribution in [0.3, 0.4) is 0 Å². The lowest BCUT2D eigenvalue weighted by atomic mass is 9.57. The van der Waals surface area contributed by atoms with Gasteiger partial charge in [0, 0.05) is 36.2 Å². The summed E-state index contributed by atoms with van der Waals surface area (Å²) in [7, 11) is 0. The molecule has 1 aromatic heterocycles. The van der Waals surface area contributed by atoms with Crippen LogP contribution in [0.25, 0.3) is 10.9 Å². The topological polar surface area (TPSA) is 40.5 Å². The molecule has 1 aliphatic carbocycles. The Morgan fingerprint density at radius 2 is 2.17 bits per heavy atom. The normalized spacial score (nSPS) is 28.2. The molecule has 2 fully saturated rings. The molecule has 4 rings (SSSR count). The molecule has 1 aliphatic heterocycles. The lowest BCUT2D eigenvalue weighted by molar-refractivity contribution is -0.254. The number of benzene rings is 1. The Kier molecular flexibility index (Phi) is 3.87. The van der Waals surface area contributed by atoms with Crippen LogP contribution in [0.5, 0.6) is 0 Å². The fourth-order valence-corrected chi connectivity index (χ4v) is 4.46. The van der Waals surface area contributed by atoms with E-state index in [9.17, 15) is 4.79 Å². The van der Waals surface area contributed by atoms with Gasteiger partial charge in [-0.05, 0) is 30.4 Å². The van der Waals surface area contributed by atoms with Crippen molar-refractivity contribution in [1.29, 1.82) is 0 Å². The van der Waals surface area contributed by atoms with Gasteiger partial charge in [-0.25, -0.2) is 0 Å². The number of carbonyl (C=O) groups is 1. The first-order valence-corrected chi connectivity index (χ1v) is 8.92. The van der Waals surface area contributed by atoms with Gasteiger partial charge in [0.15, 0.2) is 0 Å². The summed E-state index contributed by atoms with van der Waals surface area (Å²) < 4.78 is 13.8. The maximum absolute atomic E-state index is 12.4. The lowest BCUT2D eigenvalue weighted by Gasteiger charge is -2.58. The summed E-state index contributed by atoms with van der Waals surface area (Å²) in [5.41, 5.74) is 1.09. The smallest absolute Gasteiger partial charge is 0.307 e. The van der Waals surface area contributed by atoms with Crippen LogP contribution in [0, 0.1) is 11.3 Å². The summed E-state index contributed by atoms with van der Waals surface area (Å²) in [6, 6.07) is 10.3. The highest BCUT2D eigenvalue weighted by molar-refractivity contribution is 5.80. The molecule has 2 aliphatic rings. The Hall–Kier alpha value is -1.81. The van der Waals surface area contributed by atoms with Crippen LogP contribution in [0.4, 0.5) is 0 Å². The van der Waals surface area contributed by atoms with Crippen molar-refractivity contribution in [1.82, 2.24) is 4.57 Å². The third kappa shape index (κ3) is 2.53. The number of hydrogen-bond donors (Lipinski definition) is 0. The number of esters is 1. The number of ether oxygens (including phenoxy) is 2. The highest BCUT2D eigenvalue weighted by Gasteiger charge is 2.60. The average molecular weight is 327 g/mol. The van der Waals surface area contributed by atoms with Crippen LogP contribution in [0.15, 0.2) is 36.5 Å². The van der Waals surface area contributed by atoms with Gasteiger partial charge in [-0.1, -0.05) is 32.0 Å². The highest BCUT2D eigenvalue weighted by Crippen LogP contribution is 2.53. The number of nitrogens with zero attached hydrogens (tertiary/aromatic N) is 1. The monoisotopic (exact) mass is 327 g/mol. The molecule has 4 heteroatoms. The minimum Gasteiger partial charge on any atom is -0.461 e. The molecule has 2 heterocycles. The van der Waals surface area contributed by atoms with E-state index in [0.29, 0.717) is 18.9 Å². The molecule has 128 valence electrons. The minimum absolute atomic E-state index is 0.00305.